The molecule has 0 aromatic carbocycles. The van der Waals surface area contributed by atoms with Crippen LogP contribution in [-0.2, 0) is 4.74 Å². The number of rotatable bonds is 7. The van der Waals surface area contributed by atoms with Gasteiger partial charge in [0.2, 0.25) is 0 Å². The maximum Gasteiger partial charge on any atom is 0.0575 e. The van der Waals surface area contributed by atoms with E-state index in [-0.39, 0.29) is 0 Å². The van der Waals surface area contributed by atoms with Crippen LogP contribution in [0, 0.1) is 17.8 Å². The summed E-state index contributed by atoms with van der Waals surface area (Å²) in [5, 5.41) is 0. The third kappa shape index (κ3) is 6.36. The second kappa shape index (κ2) is 9.39. The molecular weight excluding hydrogens is 284 g/mol. The minimum absolute atomic E-state index is 0.533. The number of hydrogen-bond donors (Lipinski definition) is 0. The van der Waals surface area contributed by atoms with Gasteiger partial charge < -0.3 is 9.64 Å². The maximum absolute atomic E-state index is 6.16. The molecule has 3 heteroatoms. The van der Waals surface area contributed by atoms with E-state index in [1.54, 1.807) is 0 Å². The van der Waals surface area contributed by atoms with E-state index in [9.17, 15) is 0 Å². The van der Waals surface area contributed by atoms with Crippen LogP contribution in [0.15, 0.2) is 0 Å². The first-order chi connectivity index (χ1) is 11.0. The van der Waals surface area contributed by atoms with Crippen molar-refractivity contribution in [2.24, 2.45) is 17.8 Å². The Morgan fingerprint density at radius 2 is 1.48 bits per heavy atom. The van der Waals surface area contributed by atoms with E-state index in [4.69, 9.17) is 4.74 Å². The minimum atomic E-state index is 0.533. The molecule has 0 bridgehead atoms. The largest absolute Gasteiger partial charge is 0.378 e. The molecule has 1 aliphatic carbocycles. The van der Waals surface area contributed by atoms with Gasteiger partial charge in [-0.25, -0.2) is 0 Å². The Bertz CT molecular complexity index is 316. The van der Waals surface area contributed by atoms with Gasteiger partial charge >= 0.3 is 0 Å². The molecule has 1 aliphatic heterocycles. The van der Waals surface area contributed by atoms with Crippen molar-refractivity contribution in [3.63, 3.8) is 0 Å². The summed E-state index contributed by atoms with van der Waals surface area (Å²) in [6.07, 6.45) is 5.82. The predicted molar refractivity (Wildman–Crippen MR) is 98.8 cm³/mol. The van der Waals surface area contributed by atoms with E-state index in [2.05, 4.69) is 44.4 Å². The first-order valence-corrected chi connectivity index (χ1v) is 10.0. The zero-order valence-electron chi connectivity index (χ0n) is 16.3. The average molecular weight is 325 g/mol. The predicted octanol–water partition coefficient (Wildman–Crippen LogP) is 3.88. The molecule has 1 saturated carbocycles. The summed E-state index contributed by atoms with van der Waals surface area (Å²) in [4.78, 5) is 5.31. The van der Waals surface area contributed by atoms with Crippen LogP contribution >= 0.6 is 0 Å². The lowest BCUT2D eigenvalue weighted by atomic mass is 9.86. The van der Waals surface area contributed by atoms with Crippen LogP contribution in [-0.4, -0.2) is 61.3 Å². The van der Waals surface area contributed by atoms with E-state index in [1.807, 2.05) is 0 Å². The Morgan fingerprint density at radius 1 is 0.870 bits per heavy atom. The van der Waals surface area contributed by atoms with E-state index in [0.29, 0.717) is 18.1 Å². The van der Waals surface area contributed by atoms with Gasteiger partial charge in [0.15, 0.2) is 0 Å². The lowest BCUT2D eigenvalue weighted by Gasteiger charge is -2.39. The highest BCUT2D eigenvalue weighted by Crippen LogP contribution is 2.28. The standard InChI is InChI=1S/C20H40N2O/c1-16(2)18(5)15-23-20-8-6-19(7-9-20)14-21-10-12-22(13-11-21)17(3)4/h16-20H,6-15H2,1-5H3. The van der Waals surface area contributed by atoms with Crippen molar-refractivity contribution < 1.29 is 4.74 Å². The molecule has 1 unspecified atom stereocenters. The smallest absolute Gasteiger partial charge is 0.0575 e. The van der Waals surface area contributed by atoms with E-state index in [0.717, 1.165) is 18.4 Å². The zero-order valence-corrected chi connectivity index (χ0v) is 16.3. The molecule has 2 aliphatic rings. The number of ether oxygens (including phenoxy) is 1. The second-order valence-electron chi connectivity index (χ2n) is 8.63. The van der Waals surface area contributed by atoms with Crippen molar-refractivity contribution in [3.05, 3.63) is 0 Å². The SMILES string of the molecule is CC(C)C(C)COC1CCC(CN2CCN(C(C)C)CC2)CC1. The lowest BCUT2D eigenvalue weighted by Crippen LogP contribution is -2.50. The molecule has 0 amide bonds. The van der Waals surface area contributed by atoms with Gasteiger partial charge in [0, 0.05) is 45.4 Å². The van der Waals surface area contributed by atoms with Crippen molar-refractivity contribution in [2.75, 3.05) is 39.3 Å². The Hall–Kier alpha value is -0.120. The summed E-state index contributed by atoms with van der Waals surface area (Å²) in [6, 6.07) is 0.706. The Kier molecular flexibility index (Phi) is 7.84. The van der Waals surface area contributed by atoms with E-state index in [1.165, 1.54) is 58.4 Å². The molecule has 0 spiro atoms. The fraction of sp³-hybridized carbons (Fsp3) is 1.00. The summed E-state index contributed by atoms with van der Waals surface area (Å²) in [6.45, 7) is 18.8. The van der Waals surface area contributed by atoms with Crippen LogP contribution < -0.4 is 0 Å². The van der Waals surface area contributed by atoms with Gasteiger partial charge in [-0.05, 0) is 57.3 Å². The highest BCUT2D eigenvalue weighted by Gasteiger charge is 2.26. The maximum atomic E-state index is 6.16. The van der Waals surface area contributed by atoms with Crippen molar-refractivity contribution in [2.45, 2.75) is 72.4 Å². The van der Waals surface area contributed by atoms with E-state index < -0.39 is 0 Å². The summed E-state index contributed by atoms with van der Waals surface area (Å²) in [7, 11) is 0. The molecule has 2 fully saturated rings. The highest BCUT2D eigenvalue weighted by molar-refractivity contribution is 4.79. The van der Waals surface area contributed by atoms with Crippen LogP contribution in [0.2, 0.25) is 0 Å². The molecule has 2 rings (SSSR count). The molecule has 1 saturated heterocycles. The lowest BCUT2D eigenvalue weighted by molar-refractivity contribution is -0.00982. The van der Waals surface area contributed by atoms with Crippen LogP contribution in [0.25, 0.3) is 0 Å². The third-order valence-electron chi connectivity index (χ3n) is 6.18. The summed E-state index contributed by atoms with van der Waals surface area (Å²) in [5.74, 6) is 2.32. The molecule has 0 N–H and O–H groups in total. The molecule has 0 aromatic rings. The first-order valence-electron chi connectivity index (χ1n) is 10.0. The quantitative estimate of drug-likeness (QED) is 0.707. The fourth-order valence-electron chi connectivity index (χ4n) is 3.79. The van der Waals surface area contributed by atoms with Gasteiger partial charge in [0.25, 0.3) is 0 Å². The Balaban J connectivity index is 1.60. The summed E-state index contributed by atoms with van der Waals surface area (Å²) < 4.78 is 6.16. The molecule has 0 radical (unpaired) electrons. The number of piperazine rings is 1. The fourth-order valence-corrected chi connectivity index (χ4v) is 3.79. The zero-order chi connectivity index (χ0) is 16.8. The summed E-state index contributed by atoms with van der Waals surface area (Å²) in [5.41, 5.74) is 0. The highest BCUT2D eigenvalue weighted by atomic mass is 16.5. The molecule has 23 heavy (non-hydrogen) atoms. The topological polar surface area (TPSA) is 15.7 Å². The molecule has 1 atom stereocenters. The van der Waals surface area contributed by atoms with Crippen LogP contribution in [0.3, 0.4) is 0 Å². The van der Waals surface area contributed by atoms with Crippen LogP contribution in [0.5, 0.6) is 0 Å². The molecular formula is C20H40N2O. The first kappa shape index (κ1) is 19.2. The Labute approximate surface area is 144 Å². The Morgan fingerprint density at radius 3 is 2.00 bits per heavy atom. The van der Waals surface area contributed by atoms with Crippen LogP contribution in [0.4, 0.5) is 0 Å². The van der Waals surface area contributed by atoms with Crippen LogP contribution in [0.1, 0.15) is 60.3 Å². The van der Waals surface area contributed by atoms with E-state index >= 15 is 0 Å². The van der Waals surface area contributed by atoms with Gasteiger partial charge in [-0.1, -0.05) is 20.8 Å². The average Bonchev–Trinajstić information content (AvgIpc) is 2.54. The van der Waals surface area contributed by atoms with Crippen molar-refractivity contribution in [1.29, 1.82) is 0 Å². The van der Waals surface area contributed by atoms with Gasteiger partial charge in [0.05, 0.1) is 6.10 Å². The third-order valence-corrected chi connectivity index (χ3v) is 6.18. The molecule has 0 aromatic heterocycles. The van der Waals surface area contributed by atoms with Gasteiger partial charge in [-0.15, -0.1) is 0 Å². The van der Waals surface area contributed by atoms with Crippen molar-refractivity contribution in [3.8, 4) is 0 Å². The minimum Gasteiger partial charge on any atom is -0.378 e. The van der Waals surface area contributed by atoms with Gasteiger partial charge in [-0.3, -0.25) is 4.90 Å². The van der Waals surface area contributed by atoms with Crippen molar-refractivity contribution >= 4 is 0 Å². The van der Waals surface area contributed by atoms with Crippen molar-refractivity contribution in [1.82, 2.24) is 9.80 Å². The van der Waals surface area contributed by atoms with Gasteiger partial charge in [-0.2, -0.15) is 0 Å². The molecule has 136 valence electrons. The van der Waals surface area contributed by atoms with Gasteiger partial charge in [0.1, 0.15) is 0 Å². The molecule has 1 heterocycles. The normalized spacial score (nSPS) is 29.3. The number of nitrogens with zero attached hydrogens (tertiary/aromatic N) is 2. The number of hydrogen-bond acceptors (Lipinski definition) is 3. The monoisotopic (exact) mass is 324 g/mol. The summed E-state index contributed by atoms with van der Waals surface area (Å²) >= 11 is 0. The second-order valence-corrected chi connectivity index (χ2v) is 8.63. The molecule has 3 nitrogen and oxygen atoms in total.